The topological polar surface area (TPSA) is 73.6 Å². The molecule has 11 heavy (non-hydrogen) atoms. The molecule has 0 aromatic rings. The Hall–Kier alpha value is -0.0400. The minimum Gasteiger partial charge on any atom is -0.383 e. The molecule has 0 aromatic carbocycles. The Morgan fingerprint density at radius 3 is 2.64 bits per heavy atom. The van der Waals surface area contributed by atoms with Crippen LogP contribution in [-0.4, -0.2) is 11.4 Å². The fourth-order valence-corrected chi connectivity index (χ4v) is 1.24. The van der Waals surface area contributed by atoms with Gasteiger partial charge in [-0.15, -0.1) is 0 Å². The van der Waals surface area contributed by atoms with Crippen molar-refractivity contribution in [3.63, 3.8) is 0 Å². The highest BCUT2D eigenvalue weighted by molar-refractivity contribution is 14.1. The summed E-state index contributed by atoms with van der Waals surface area (Å²) in [5, 5.41) is 3.61. The third-order valence-corrected chi connectivity index (χ3v) is 2.31. The molecule has 64 valence electrons. The molecule has 0 heterocycles. The second-order valence-corrected chi connectivity index (χ2v) is 3.50. The minimum atomic E-state index is -0.481. The summed E-state index contributed by atoms with van der Waals surface area (Å²) in [5.74, 6) is 0.868. The SMILES string of the molecule is CC(N)(/C(N)=N/OI)C1CC1. The Bertz CT molecular complexity index is 177. The van der Waals surface area contributed by atoms with Gasteiger partial charge in [-0.1, -0.05) is 5.16 Å². The fraction of sp³-hybridized carbons (Fsp3) is 0.833. The first-order valence-corrected chi connectivity index (χ1v) is 4.37. The maximum absolute atomic E-state index is 5.91. The van der Waals surface area contributed by atoms with Gasteiger partial charge in [0.2, 0.25) is 23.0 Å². The molecule has 0 saturated heterocycles. The highest BCUT2D eigenvalue weighted by Gasteiger charge is 2.41. The lowest BCUT2D eigenvalue weighted by atomic mass is 9.96. The number of hydrogen-bond donors (Lipinski definition) is 2. The molecule has 5 heteroatoms. The normalized spacial score (nSPS) is 24.5. The van der Waals surface area contributed by atoms with Crippen molar-refractivity contribution in [2.24, 2.45) is 22.5 Å². The van der Waals surface area contributed by atoms with Crippen LogP contribution in [0.25, 0.3) is 0 Å². The van der Waals surface area contributed by atoms with Crippen molar-refractivity contribution in [1.82, 2.24) is 0 Å². The molecule has 0 aromatic heterocycles. The predicted molar refractivity (Wildman–Crippen MR) is 52.0 cm³/mol. The van der Waals surface area contributed by atoms with Gasteiger partial charge in [0.25, 0.3) is 0 Å². The van der Waals surface area contributed by atoms with Gasteiger partial charge in [0.1, 0.15) is 0 Å². The van der Waals surface area contributed by atoms with Gasteiger partial charge in [-0.25, -0.2) is 0 Å². The third kappa shape index (κ3) is 1.96. The van der Waals surface area contributed by atoms with E-state index in [1.54, 1.807) is 23.0 Å². The quantitative estimate of drug-likeness (QED) is 0.343. The van der Waals surface area contributed by atoms with E-state index < -0.39 is 5.54 Å². The molecular formula is C6H12IN3O. The molecule has 0 spiro atoms. The molecule has 1 saturated carbocycles. The predicted octanol–water partition coefficient (Wildman–Crippen LogP) is 0.753. The van der Waals surface area contributed by atoms with E-state index in [0.717, 1.165) is 12.8 Å². The Balaban J connectivity index is 2.61. The number of nitrogens with zero attached hydrogens (tertiary/aromatic N) is 1. The molecule has 1 unspecified atom stereocenters. The van der Waals surface area contributed by atoms with Crippen LogP contribution < -0.4 is 11.5 Å². The summed E-state index contributed by atoms with van der Waals surface area (Å²) in [5.41, 5.74) is 11.0. The van der Waals surface area contributed by atoms with Gasteiger partial charge >= 0.3 is 0 Å². The summed E-state index contributed by atoms with van der Waals surface area (Å²) in [7, 11) is 0. The van der Waals surface area contributed by atoms with Gasteiger partial charge in [0, 0.05) is 0 Å². The molecule has 1 aliphatic rings. The van der Waals surface area contributed by atoms with Crippen LogP contribution in [0.4, 0.5) is 0 Å². The van der Waals surface area contributed by atoms with Gasteiger partial charge in [-0.3, -0.25) is 0 Å². The van der Waals surface area contributed by atoms with Crippen LogP contribution in [0.15, 0.2) is 5.16 Å². The lowest BCUT2D eigenvalue weighted by molar-refractivity contribution is 0.440. The number of oxime groups is 1. The van der Waals surface area contributed by atoms with Crippen LogP contribution >= 0.6 is 23.0 Å². The van der Waals surface area contributed by atoms with E-state index in [0.29, 0.717) is 11.8 Å². The standard InChI is InChI=1S/C6H12IN3O/c1-6(9,4-2-3-4)5(8)10-11-7/h4H,2-3,9H2,1H3,(H2,8,10). The first kappa shape index (κ1) is 9.05. The Kier molecular flexibility index (Phi) is 2.58. The van der Waals surface area contributed by atoms with E-state index in [2.05, 4.69) is 8.32 Å². The van der Waals surface area contributed by atoms with Gasteiger partial charge in [0.15, 0.2) is 5.84 Å². The molecule has 1 aliphatic carbocycles. The zero-order valence-electron chi connectivity index (χ0n) is 6.38. The fourth-order valence-electron chi connectivity index (χ4n) is 1.03. The molecule has 1 fully saturated rings. The van der Waals surface area contributed by atoms with Gasteiger partial charge in [-0.05, 0) is 25.7 Å². The summed E-state index contributed by atoms with van der Waals surface area (Å²) in [6.45, 7) is 1.89. The summed E-state index contributed by atoms with van der Waals surface area (Å²) < 4.78 is 4.52. The lowest BCUT2D eigenvalue weighted by Crippen LogP contribution is -2.51. The smallest absolute Gasteiger partial charge is 0.230 e. The molecule has 4 nitrogen and oxygen atoms in total. The van der Waals surface area contributed by atoms with Gasteiger partial charge < -0.3 is 14.6 Å². The van der Waals surface area contributed by atoms with E-state index in [9.17, 15) is 0 Å². The Morgan fingerprint density at radius 2 is 2.27 bits per heavy atom. The van der Waals surface area contributed by atoms with Crippen LogP contribution in [0.3, 0.4) is 0 Å². The van der Waals surface area contributed by atoms with E-state index in [-0.39, 0.29) is 0 Å². The zero-order chi connectivity index (χ0) is 8.48. The number of rotatable bonds is 3. The Labute approximate surface area is 80.0 Å². The minimum absolute atomic E-state index is 0.384. The second-order valence-electron chi connectivity index (χ2n) is 3.10. The van der Waals surface area contributed by atoms with Crippen molar-refractivity contribution in [3.05, 3.63) is 0 Å². The highest BCUT2D eigenvalue weighted by Crippen LogP contribution is 2.38. The van der Waals surface area contributed by atoms with E-state index in [1.165, 1.54) is 0 Å². The second kappa shape index (κ2) is 3.14. The van der Waals surface area contributed by atoms with Crippen molar-refractivity contribution in [3.8, 4) is 0 Å². The average Bonchev–Trinajstić information content (AvgIpc) is 2.68. The van der Waals surface area contributed by atoms with Crippen molar-refractivity contribution < 1.29 is 3.17 Å². The lowest BCUT2D eigenvalue weighted by Gasteiger charge is -2.21. The maximum Gasteiger partial charge on any atom is 0.230 e. The number of hydrogen-bond acceptors (Lipinski definition) is 3. The number of halogens is 1. The first-order chi connectivity index (χ1) is 5.09. The summed E-state index contributed by atoms with van der Waals surface area (Å²) in [6, 6.07) is 0. The van der Waals surface area contributed by atoms with Crippen LogP contribution in [0.2, 0.25) is 0 Å². The van der Waals surface area contributed by atoms with Gasteiger partial charge in [0.05, 0.1) is 5.54 Å². The first-order valence-electron chi connectivity index (χ1n) is 3.49. The van der Waals surface area contributed by atoms with Crippen LogP contribution in [-0.2, 0) is 3.17 Å². The van der Waals surface area contributed by atoms with Crippen LogP contribution in [0.1, 0.15) is 19.8 Å². The Morgan fingerprint density at radius 1 is 1.73 bits per heavy atom. The molecule has 1 rings (SSSR count). The molecule has 1 atom stereocenters. The van der Waals surface area contributed by atoms with Crippen molar-refractivity contribution in [1.29, 1.82) is 0 Å². The monoisotopic (exact) mass is 269 g/mol. The van der Waals surface area contributed by atoms with E-state index in [1.807, 2.05) is 6.92 Å². The molecule has 0 bridgehead atoms. The van der Waals surface area contributed by atoms with E-state index in [4.69, 9.17) is 11.5 Å². The average molecular weight is 269 g/mol. The molecule has 4 N–H and O–H groups in total. The molecule has 0 amide bonds. The number of nitrogens with two attached hydrogens (primary N) is 2. The molecule has 0 aliphatic heterocycles. The van der Waals surface area contributed by atoms with Crippen molar-refractivity contribution in [2.75, 3.05) is 0 Å². The molecular weight excluding hydrogens is 257 g/mol. The summed E-state index contributed by atoms with van der Waals surface area (Å²) in [6.07, 6.45) is 2.29. The molecule has 0 radical (unpaired) electrons. The maximum atomic E-state index is 5.91. The highest BCUT2D eigenvalue weighted by atomic mass is 127. The van der Waals surface area contributed by atoms with E-state index >= 15 is 0 Å². The summed E-state index contributed by atoms with van der Waals surface area (Å²) in [4.78, 5) is 0. The third-order valence-electron chi connectivity index (χ3n) is 2.11. The van der Waals surface area contributed by atoms with Crippen LogP contribution in [0.5, 0.6) is 0 Å². The zero-order valence-corrected chi connectivity index (χ0v) is 8.54. The number of amidine groups is 1. The van der Waals surface area contributed by atoms with Crippen molar-refractivity contribution >= 4 is 28.8 Å². The van der Waals surface area contributed by atoms with Crippen molar-refractivity contribution in [2.45, 2.75) is 25.3 Å². The van der Waals surface area contributed by atoms with Gasteiger partial charge in [-0.2, -0.15) is 0 Å². The largest absolute Gasteiger partial charge is 0.383 e. The van der Waals surface area contributed by atoms with Crippen LogP contribution in [0, 0.1) is 5.92 Å². The summed E-state index contributed by atoms with van der Waals surface area (Å²) >= 11 is 1.66.